The Morgan fingerprint density at radius 1 is 1.18 bits per heavy atom. The number of anilines is 1. The van der Waals surface area contributed by atoms with Crippen molar-refractivity contribution < 1.29 is 4.39 Å². The molecule has 0 radical (unpaired) electrons. The van der Waals surface area contributed by atoms with Crippen LogP contribution in [-0.4, -0.2) is 16.5 Å². The van der Waals surface area contributed by atoms with Crippen LogP contribution < -0.4 is 5.32 Å². The van der Waals surface area contributed by atoms with Gasteiger partial charge in [-0.2, -0.15) is 0 Å². The Bertz CT molecular complexity index is 482. The molecule has 0 aliphatic carbocycles. The Kier molecular flexibility index (Phi) is 3.65. The van der Waals surface area contributed by atoms with Gasteiger partial charge in [-0.15, -0.1) is 0 Å². The third kappa shape index (κ3) is 3.00. The number of rotatable bonds is 4. The van der Waals surface area contributed by atoms with Crippen LogP contribution in [0.3, 0.4) is 0 Å². The summed E-state index contributed by atoms with van der Waals surface area (Å²) >= 11 is 0. The molecular weight excluding hydrogens is 217 g/mol. The zero-order valence-corrected chi connectivity index (χ0v) is 9.65. The minimum Gasteiger partial charge on any atom is -0.370 e. The lowest BCUT2D eigenvalue weighted by molar-refractivity contribution is 0.628. The summed E-state index contributed by atoms with van der Waals surface area (Å²) in [5, 5.41) is 3.19. The first kappa shape index (κ1) is 11.5. The lowest BCUT2D eigenvalue weighted by Gasteiger charge is -2.05. The molecule has 0 spiro atoms. The van der Waals surface area contributed by atoms with E-state index in [-0.39, 0.29) is 5.82 Å². The molecule has 0 saturated carbocycles. The number of benzene rings is 1. The highest BCUT2D eigenvalue weighted by Gasteiger charge is 2.01. The Morgan fingerprint density at radius 2 is 1.94 bits per heavy atom. The molecule has 1 heterocycles. The first-order valence-electron chi connectivity index (χ1n) is 5.61. The van der Waals surface area contributed by atoms with Gasteiger partial charge >= 0.3 is 0 Å². The fourth-order valence-corrected chi connectivity index (χ4v) is 1.49. The fraction of sp³-hybridized carbons (Fsp3) is 0.231. The molecule has 2 rings (SSSR count). The number of aromatic nitrogens is 2. The van der Waals surface area contributed by atoms with Crippen LogP contribution in [0.15, 0.2) is 36.7 Å². The molecule has 0 fully saturated rings. The first-order chi connectivity index (χ1) is 8.29. The van der Waals surface area contributed by atoms with Gasteiger partial charge in [0.1, 0.15) is 18.0 Å². The second kappa shape index (κ2) is 5.39. The molecule has 1 N–H and O–H groups in total. The highest BCUT2D eigenvalue weighted by molar-refractivity contribution is 5.61. The molecule has 0 bridgehead atoms. The maximum Gasteiger partial charge on any atom is 0.129 e. The summed E-state index contributed by atoms with van der Waals surface area (Å²) in [5.74, 6) is 0.549. The molecule has 3 nitrogen and oxygen atoms in total. The van der Waals surface area contributed by atoms with Crippen LogP contribution in [-0.2, 0) is 0 Å². The average Bonchev–Trinajstić information content (AvgIpc) is 2.37. The van der Waals surface area contributed by atoms with E-state index in [1.165, 1.54) is 18.5 Å². The number of nitrogens with zero attached hydrogens (tertiary/aromatic N) is 2. The van der Waals surface area contributed by atoms with Crippen LogP contribution in [0.5, 0.6) is 0 Å². The van der Waals surface area contributed by atoms with E-state index in [9.17, 15) is 4.39 Å². The number of halogens is 1. The summed E-state index contributed by atoms with van der Waals surface area (Å²) in [6, 6.07) is 8.14. The van der Waals surface area contributed by atoms with Crippen molar-refractivity contribution in [2.45, 2.75) is 13.3 Å². The predicted octanol–water partition coefficient (Wildman–Crippen LogP) is 3.10. The molecule has 0 unspecified atom stereocenters. The van der Waals surface area contributed by atoms with Crippen LogP contribution in [0.1, 0.15) is 13.3 Å². The normalized spacial score (nSPS) is 10.2. The Hall–Kier alpha value is -1.97. The molecular formula is C13H14FN3. The predicted molar refractivity (Wildman–Crippen MR) is 66.2 cm³/mol. The van der Waals surface area contributed by atoms with Gasteiger partial charge in [0.15, 0.2) is 0 Å². The van der Waals surface area contributed by atoms with Gasteiger partial charge in [-0.3, -0.25) is 0 Å². The van der Waals surface area contributed by atoms with E-state index in [4.69, 9.17) is 0 Å². The molecule has 0 saturated heterocycles. The number of hydrogen-bond acceptors (Lipinski definition) is 3. The third-order valence-corrected chi connectivity index (χ3v) is 2.36. The highest BCUT2D eigenvalue weighted by atomic mass is 19.1. The van der Waals surface area contributed by atoms with Crippen molar-refractivity contribution in [3.8, 4) is 11.3 Å². The van der Waals surface area contributed by atoms with Crippen molar-refractivity contribution in [2.75, 3.05) is 11.9 Å². The van der Waals surface area contributed by atoms with Gasteiger partial charge in [-0.05, 0) is 30.7 Å². The fourth-order valence-electron chi connectivity index (χ4n) is 1.49. The molecule has 88 valence electrons. The van der Waals surface area contributed by atoms with Crippen LogP contribution in [0.4, 0.5) is 10.2 Å². The number of nitrogens with one attached hydrogen (secondary N) is 1. The van der Waals surface area contributed by atoms with Crippen molar-refractivity contribution in [3.63, 3.8) is 0 Å². The highest BCUT2D eigenvalue weighted by Crippen LogP contribution is 2.18. The molecule has 2 aromatic rings. The summed E-state index contributed by atoms with van der Waals surface area (Å²) in [6.45, 7) is 2.97. The second-order valence-electron chi connectivity index (χ2n) is 3.72. The van der Waals surface area contributed by atoms with E-state index in [1.807, 2.05) is 6.07 Å². The van der Waals surface area contributed by atoms with Gasteiger partial charge in [-0.1, -0.05) is 6.92 Å². The molecule has 4 heteroatoms. The van der Waals surface area contributed by atoms with E-state index in [0.29, 0.717) is 0 Å². The van der Waals surface area contributed by atoms with Gasteiger partial charge in [-0.25, -0.2) is 14.4 Å². The van der Waals surface area contributed by atoms with E-state index in [1.54, 1.807) is 12.1 Å². The summed E-state index contributed by atoms with van der Waals surface area (Å²) in [4.78, 5) is 8.30. The topological polar surface area (TPSA) is 37.8 Å². The standard InChI is InChI=1S/C13H14FN3/c1-2-7-15-13-8-12(16-9-17-13)10-3-5-11(14)6-4-10/h3-6,8-9H,2,7H2,1H3,(H,15,16,17). The molecule has 1 aromatic carbocycles. The minimum absolute atomic E-state index is 0.243. The molecule has 0 amide bonds. The largest absolute Gasteiger partial charge is 0.370 e. The molecule has 1 aromatic heterocycles. The van der Waals surface area contributed by atoms with Gasteiger partial charge in [0.25, 0.3) is 0 Å². The van der Waals surface area contributed by atoms with Crippen LogP contribution >= 0.6 is 0 Å². The maximum absolute atomic E-state index is 12.8. The van der Waals surface area contributed by atoms with Gasteiger partial charge < -0.3 is 5.32 Å². The van der Waals surface area contributed by atoms with Crippen molar-refractivity contribution in [1.29, 1.82) is 0 Å². The molecule has 0 aliphatic rings. The average molecular weight is 231 g/mol. The summed E-state index contributed by atoms with van der Waals surface area (Å²) < 4.78 is 12.8. The third-order valence-electron chi connectivity index (χ3n) is 2.36. The zero-order chi connectivity index (χ0) is 12.1. The van der Waals surface area contributed by atoms with Crippen molar-refractivity contribution in [2.24, 2.45) is 0 Å². The smallest absolute Gasteiger partial charge is 0.129 e. The van der Waals surface area contributed by atoms with Crippen molar-refractivity contribution in [3.05, 3.63) is 42.5 Å². The second-order valence-corrected chi connectivity index (χ2v) is 3.72. The van der Waals surface area contributed by atoms with Gasteiger partial charge in [0, 0.05) is 18.2 Å². The lowest BCUT2D eigenvalue weighted by Crippen LogP contribution is -2.02. The number of hydrogen-bond donors (Lipinski definition) is 1. The molecule has 17 heavy (non-hydrogen) atoms. The van der Waals surface area contributed by atoms with E-state index < -0.39 is 0 Å². The van der Waals surface area contributed by atoms with Crippen LogP contribution in [0, 0.1) is 5.82 Å². The summed E-state index contributed by atoms with van der Waals surface area (Å²) in [6.07, 6.45) is 2.55. The Labute approximate surface area is 99.7 Å². The van der Waals surface area contributed by atoms with E-state index in [2.05, 4.69) is 22.2 Å². The quantitative estimate of drug-likeness (QED) is 0.878. The van der Waals surface area contributed by atoms with Crippen LogP contribution in [0.25, 0.3) is 11.3 Å². The molecule has 0 atom stereocenters. The van der Waals surface area contributed by atoms with Crippen LogP contribution in [0.2, 0.25) is 0 Å². The molecule has 0 aliphatic heterocycles. The first-order valence-corrected chi connectivity index (χ1v) is 5.61. The van der Waals surface area contributed by atoms with E-state index in [0.717, 1.165) is 30.0 Å². The SMILES string of the molecule is CCCNc1cc(-c2ccc(F)cc2)ncn1. The lowest BCUT2D eigenvalue weighted by atomic mass is 10.1. The van der Waals surface area contributed by atoms with E-state index >= 15 is 0 Å². The maximum atomic E-state index is 12.8. The monoisotopic (exact) mass is 231 g/mol. The Balaban J connectivity index is 2.23. The minimum atomic E-state index is -0.243. The summed E-state index contributed by atoms with van der Waals surface area (Å²) in [5.41, 5.74) is 1.67. The summed E-state index contributed by atoms with van der Waals surface area (Å²) in [7, 11) is 0. The van der Waals surface area contributed by atoms with Crippen molar-refractivity contribution in [1.82, 2.24) is 9.97 Å². The van der Waals surface area contributed by atoms with Gasteiger partial charge in [0.05, 0.1) is 5.69 Å². The Morgan fingerprint density at radius 3 is 2.65 bits per heavy atom. The zero-order valence-electron chi connectivity index (χ0n) is 9.65. The van der Waals surface area contributed by atoms with Crippen molar-refractivity contribution >= 4 is 5.82 Å². The van der Waals surface area contributed by atoms with Gasteiger partial charge in [0.2, 0.25) is 0 Å².